The van der Waals surface area contributed by atoms with E-state index in [-0.39, 0.29) is 38.0 Å². The second kappa shape index (κ2) is 17.7. The molecule has 3 aromatic carbocycles. The molecule has 0 aliphatic rings. The smallest absolute Gasteiger partial charge is 0.407 e. The highest BCUT2D eigenvalue weighted by Crippen LogP contribution is 2.36. The molecule has 4 amide bonds. The minimum absolute atomic E-state index is 0.154. The number of hydrogen-bond donors (Lipinski definition) is 4. The van der Waals surface area contributed by atoms with Crippen molar-refractivity contribution in [2.75, 3.05) is 40.4 Å². The molecule has 0 spiro atoms. The summed E-state index contributed by atoms with van der Waals surface area (Å²) in [5.41, 5.74) is 5.71. The maximum Gasteiger partial charge on any atom is 0.407 e. The first-order chi connectivity index (χ1) is 25.2. The van der Waals surface area contributed by atoms with Gasteiger partial charge < -0.3 is 39.9 Å². The number of benzene rings is 3. The lowest BCUT2D eigenvalue weighted by atomic mass is 9.93. The molecule has 2 aromatic heterocycles. The number of imidazole rings is 2. The molecule has 0 saturated carbocycles. The predicted molar refractivity (Wildman–Crippen MR) is 197 cm³/mol. The summed E-state index contributed by atoms with van der Waals surface area (Å²) in [6, 6.07) is 20.6. The summed E-state index contributed by atoms with van der Waals surface area (Å²) >= 11 is 0. The fraction of sp³-hybridized carbons (Fsp3) is 0.316. The van der Waals surface area contributed by atoms with Gasteiger partial charge in [0.05, 0.1) is 51.1 Å². The Hall–Kier alpha value is -6.18. The molecule has 2 heterocycles. The van der Waals surface area contributed by atoms with Gasteiger partial charge in [0.2, 0.25) is 11.8 Å². The Balaban J connectivity index is 1.31. The second-order valence-electron chi connectivity index (χ2n) is 12.1. The van der Waals surface area contributed by atoms with Crippen molar-refractivity contribution >= 4 is 34.8 Å². The monoisotopic (exact) mass is 708 g/mol. The topological polar surface area (TPSA) is 175 Å². The molecule has 14 heteroatoms. The molecule has 0 atom stereocenters. The number of aromatic amines is 2. The summed E-state index contributed by atoms with van der Waals surface area (Å²) in [4.78, 5) is 67.5. The summed E-state index contributed by atoms with van der Waals surface area (Å²) in [7, 11) is 2.51. The Morgan fingerprint density at radius 3 is 1.62 bits per heavy atom. The summed E-state index contributed by atoms with van der Waals surface area (Å²) in [5, 5.41) is 7.01. The molecule has 52 heavy (non-hydrogen) atoms. The average molecular weight is 709 g/mol. The quantitative estimate of drug-likeness (QED) is 0.111. The van der Waals surface area contributed by atoms with Crippen LogP contribution >= 0.6 is 0 Å². The van der Waals surface area contributed by atoms with E-state index in [0.29, 0.717) is 24.7 Å². The normalized spacial score (nSPS) is 10.8. The molecule has 0 bridgehead atoms. The standard InChI is InChI=1S/C38H44N8O6/c1-5-17-45(35(47)21-41-37(49)51-3)23-33-39-19-31(43-33)26-13-11-25(12-14-26)27-15-16-30(29-10-8-7-9-28(27)29)32-20-40-34(44-32)24-46(18-6-2)36(48)22-42-38(50)52-4/h7-16,19-20H,5-6,17-18,21-24H2,1-4H3,(H,39,43)(H,40,44)(H,41,49)(H,42,50). The third-order valence-corrected chi connectivity index (χ3v) is 8.49. The first kappa shape index (κ1) is 37.1. The summed E-state index contributed by atoms with van der Waals surface area (Å²) in [6.45, 7) is 5.27. The number of fused-ring (bicyclic) bond motifs is 1. The zero-order valence-electron chi connectivity index (χ0n) is 29.8. The van der Waals surface area contributed by atoms with Gasteiger partial charge >= 0.3 is 12.2 Å². The highest BCUT2D eigenvalue weighted by molar-refractivity contribution is 6.04. The molecule has 0 radical (unpaired) electrons. The molecule has 0 aliphatic carbocycles. The van der Waals surface area contributed by atoms with E-state index in [0.717, 1.165) is 57.3 Å². The summed E-state index contributed by atoms with van der Waals surface area (Å²) < 4.78 is 9.14. The number of aromatic nitrogens is 4. The maximum absolute atomic E-state index is 12.8. The van der Waals surface area contributed by atoms with Gasteiger partial charge in [0.25, 0.3) is 0 Å². The molecule has 0 fully saturated rings. The number of H-pyrrole nitrogens is 2. The molecule has 0 saturated heterocycles. The first-order valence-electron chi connectivity index (χ1n) is 17.1. The Morgan fingerprint density at radius 1 is 0.635 bits per heavy atom. The van der Waals surface area contributed by atoms with E-state index in [4.69, 9.17) is 0 Å². The predicted octanol–water partition coefficient (Wildman–Crippen LogP) is 5.48. The third kappa shape index (κ3) is 9.13. The molecule has 272 valence electrons. The van der Waals surface area contributed by atoms with Gasteiger partial charge in [0.1, 0.15) is 24.7 Å². The van der Waals surface area contributed by atoms with E-state index in [2.05, 4.69) is 76.4 Å². The number of ether oxygens (including phenoxy) is 2. The average Bonchev–Trinajstić information content (AvgIpc) is 3.85. The highest BCUT2D eigenvalue weighted by atomic mass is 16.5. The fourth-order valence-corrected chi connectivity index (χ4v) is 5.93. The van der Waals surface area contributed by atoms with Crippen LogP contribution in [-0.4, -0.2) is 94.1 Å². The Bertz CT molecular complexity index is 2000. The Morgan fingerprint density at radius 2 is 1.10 bits per heavy atom. The van der Waals surface area contributed by atoms with E-state index < -0.39 is 12.2 Å². The van der Waals surface area contributed by atoms with Crippen molar-refractivity contribution in [1.29, 1.82) is 0 Å². The number of alkyl carbamates (subject to hydrolysis) is 2. The second-order valence-corrected chi connectivity index (χ2v) is 12.1. The number of carbonyl (C=O) groups excluding carboxylic acids is 4. The number of rotatable bonds is 15. The van der Waals surface area contributed by atoms with Crippen LogP contribution in [0.1, 0.15) is 38.3 Å². The van der Waals surface area contributed by atoms with Crippen molar-refractivity contribution in [3.63, 3.8) is 0 Å². The van der Waals surface area contributed by atoms with Crippen LogP contribution in [0.2, 0.25) is 0 Å². The van der Waals surface area contributed by atoms with E-state index >= 15 is 0 Å². The van der Waals surface area contributed by atoms with E-state index in [9.17, 15) is 19.2 Å². The summed E-state index contributed by atoms with van der Waals surface area (Å²) in [6.07, 6.45) is 3.74. The number of methoxy groups -OCH3 is 2. The minimum Gasteiger partial charge on any atom is -0.453 e. The van der Waals surface area contributed by atoms with Gasteiger partial charge in [-0.15, -0.1) is 0 Å². The lowest BCUT2D eigenvalue weighted by Crippen LogP contribution is -2.40. The number of hydrogen-bond acceptors (Lipinski definition) is 8. The molecule has 0 aliphatic heterocycles. The lowest BCUT2D eigenvalue weighted by Gasteiger charge is -2.21. The lowest BCUT2D eigenvalue weighted by molar-refractivity contribution is -0.131. The van der Waals surface area contributed by atoms with Crippen LogP contribution in [0, 0.1) is 0 Å². The molecule has 5 aromatic rings. The number of amides is 4. The van der Waals surface area contributed by atoms with Gasteiger partial charge in [-0.3, -0.25) is 9.59 Å². The molecular weight excluding hydrogens is 664 g/mol. The fourth-order valence-electron chi connectivity index (χ4n) is 5.93. The third-order valence-electron chi connectivity index (χ3n) is 8.49. The van der Waals surface area contributed by atoms with Crippen LogP contribution in [0.25, 0.3) is 44.4 Å². The van der Waals surface area contributed by atoms with Crippen LogP contribution in [0.4, 0.5) is 9.59 Å². The molecular formula is C38H44N8O6. The van der Waals surface area contributed by atoms with Crippen LogP contribution in [-0.2, 0) is 32.2 Å². The molecule has 0 unspecified atom stereocenters. The van der Waals surface area contributed by atoms with E-state index in [1.165, 1.54) is 14.2 Å². The van der Waals surface area contributed by atoms with Crippen molar-refractivity contribution in [2.24, 2.45) is 0 Å². The molecule has 5 rings (SSSR count). The van der Waals surface area contributed by atoms with Gasteiger partial charge in [-0.25, -0.2) is 19.6 Å². The number of nitrogens with zero attached hydrogens (tertiary/aromatic N) is 4. The SMILES string of the molecule is CCCN(Cc1ncc(-c2ccc(-c3ccc(-c4cnc(CN(CCC)C(=O)CNC(=O)OC)[nH]4)c4ccccc34)cc2)[nH]1)C(=O)CNC(=O)OC. The van der Waals surface area contributed by atoms with Gasteiger partial charge in [-0.05, 0) is 40.3 Å². The maximum atomic E-state index is 12.8. The van der Waals surface area contributed by atoms with Crippen LogP contribution in [0.15, 0.2) is 73.1 Å². The van der Waals surface area contributed by atoms with Crippen LogP contribution in [0.3, 0.4) is 0 Å². The molecule has 4 N–H and O–H groups in total. The van der Waals surface area contributed by atoms with Crippen molar-refractivity contribution in [2.45, 2.75) is 39.8 Å². The van der Waals surface area contributed by atoms with Crippen molar-refractivity contribution in [3.8, 4) is 33.6 Å². The zero-order valence-corrected chi connectivity index (χ0v) is 29.8. The minimum atomic E-state index is -0.655. The summed E-state index contributed by atoms with van der Waals surface area (Å²) in [5.74, 6) is 0.831. The largest absolute Gasteiger partial charge is 0.453 e. The van der Waals surface area contributed by atoms with Gasteiger partial charge in [0, 0.05) is 18.7 Å². The van der Waals surface area contributed by atoms with Gasteiger partial charge in [-0.2, -0.15) is 0 Å². The zero-order chi connectivity index (χ0) is 37.0. The van der Waals surface area contributed by atoms with Crippen molar-refractivity contribution < 1.29 is 28.7 Å². The van der Waals surface area contributed by atoms with Crippen molar-refractivity contribution in [1.82, 2.24) is 40.4 Å². The Labute approximate surface area is 301 Å². The molecule has 14 nitrogen and oxygen atoms in total. The van der Waals surface area contributed by atoms with Crippen LogP contribution in [0.5, 0.6) is 0 Å². The Kier molecular flexibility index (Phi) is 12.6. The van der Waals surface area contributed by atoms with Gasteiger partial charge in [0.15, 0.2) is 0 Å². The number of carbonyl (C=O) groups is 4. The van der Waals surface area contributed by atoms with E-state index in [1.807, 2.05) is 38.1 Å². The van der Waals surface area contributed by atoms with E-state index in [1.54, 1.807) is 22.2 Å². The number of nitrogens with one attached hydrogen (secondary N) is 4. The van der Waals surface area contributed by atoms with Crippen molar-refractivity contribution in [3.05, 3.63) is 84.7 Å². The van der Waals surface area contributed by atoms with Crippen LogP contribution < -0.4 is 10.6 Å². The first-order valence-corrected chi connectivity index (χ1v) is 17.1. The highest BCUT2D eigenvalue weighted by Gasteiger charge is 2.19. The van der Waals surface area contributed by atoms with Gasteiger partial charge in [-0.1, -0.05) is 74.5 Å².